The predicted octanol–water partition coefficient (Wildman–Crippen LogP) is 1.33. The summed E-state index contributed by atoms with van der Waals surface area (Å²) in [6.07, 6.45) is 0. The molecule has 0 radical (unpaired) electrons. The van der Waals surface area contributed by atoms with Crippen LogP contribution in [0.15, 0.2) is 18.2 Å². The maximum Gasteiger partial charge on any atom is 0.255 e. The van der Waals surface area contributed by atoms with Gasteiger partial charge in [0.25, 0.3) is 5.91 Å². The lowest BCUT2D eigenvalue weighted by Gasteiger charge is -2.24. The molecule has 0 spiro atoms. The van der Waals surface area contributed by atoms with Gasteiger partial charge in [0.15, 0.2) is 0 Å². The zero-order valence-electron chi connectivity index (χ0n) is 9.45. The van der Waals surface area contributed by atoms with Gasteiger partial charge in [-0.2, -0.15) is 0 Å². The Morgan fingerprint density at radius 3 is 2.59 bits per heavy atom. The van der Waals surface area contributed by atoms with E-state index in [1.807, 2.05) is 0 Å². The highest BCUT2D eigenvalue weighted by atomic mass is 32.1. The Kier molecular flexibility index (Phi) is 3.67. The molecule has 17 heavy (non-hydrogen) atoms. The molecular weight excluding hydrogens is 243 g/mol. The maximum absolute atomic E-state index is 13.4. The highest BCUT2D eigenvalue weighted by molar-refractivity contribution is 7.80. The SMILES string of the molecule is CC(C)(NC(=O)c1ccc(O)cc1F)C(N)=S. The van der Waals surface area contributed by atoms with Crippen LogP contribution in [0.25, 0.3) is 0 Å². The van der Waals surface area contributed by atoms with Crippen LogP contribution in [0.4, 0.5) is 4.39 Å². The van der Waals surface area contributed by atoms with E-state index in [9.17, 15) is 9.18 Å². The van der Waals surface area contributed by atoms with Crippen molar-refractivity contribution in [1.29, 1.82) is 0 Å². The molecule has 0 heterocycles. The first kappa shape index (κ1) is 13.4. The van der Waals surface area contributed by atoms with Gasteiger partial charge in [0.2, 0.25) is 0 Å². The number of nitrogens with one attached hydrogen (secondary N) is 1. The number of phenols is 1. The smallest absolute Gasteiger partial charge is 0.255 e. The van der Waals surface area contributed by atoms with Gasteiger partial charge in [-0.1, -0.05) is 12.2 Å². The first-order valence-electron chi connectivity index (χ1n) is 4.85. The Morgan fingerprint density at radius 1 is 1.53 bits per heavy atom. The largest absolute Gasteiger partial charge is 0.508 e. The highest BCUT2D eigenvalue weighted by Crippen LogP contribution is 2.16. The van der Waals surface area contributed by atoms with E-state index in [4.69, 9.17) is 23.1 Å². The van der Waals surface area contributed by atoms with E-state index in [1.165, 1.54) is 12.1 Å². The van der Waals surface area contributed by atoms with Gasteiger partial charge in [-0.25, -0.2) is 4.39 Å². The number of hydrogen-bond acceptors (Lipinski definition) is 3. The Bertz CT molecular complexity index is 475. The molecule has 4 N–H and O–H groups in total. The number of carbonyl (C=O) groups excluding carboxylic acids is 1. The van der Waals surface area contributed by atoms with Gasteiger partial charge in [0, 0.05) is 6.07 Å². The van der Waals surface area contributed by atoms with Crippen molar-refractivity contribution in [3.05, 3.63) is 29.6 Å². The number of nitrogens with two attached hydrogens (primary N) is 1. The topological polar surface area (TPSA) is 75.3 Å². The van der Waals surface area contributed by atoms with Crippen LogP contribution in [0.3, 0.4) is 0 Å². The third-order valence-corrected chi connectivity index (χ3v) is 2.75. The van der Waals surface area contributed by atoms with Crippen molar-refractivity contribution in [2.24, 2.45) is 5.73 Å². The van der Waals surface area contributed by atoms with Gasteiger partial charge in [-0.05, 0) is 26.0 Å². The summed E-state index contributed by atoms with van der Waals surface area (Å²) in [7, 11) is 0. The first-order chi connectivity index (χ1) is 7.74. The van der Waals surface area contributed by atoms with Crippen LogP contribution in [0.5, 0.6) is 5.75 Å². The second-order valence-corrected chi connectivity index (χ2v) is 4.55. The van der Waals surface area contributed by atoms with Gasteiger partial charge in [-0.15, -0.1) is 0 Å². The molecule has 0 unspecified atom stereocenters. The van der Waals surface area contributed by atoms with Crippen molar-refractivity contribution in [3.8, 4) is 5.75 Å². The maximum atomic E-state index is 13.4. The lowest BCUT2D eigenvalue weighted by molar-refractivity contribution is 0.0928. The van der Waals surface area contributed by atoms with E-state index in [0.29, 0.717) is 0 Å². The third-order valence-electron chi connectivity index (χ3n) is 2.24. The minimum atomic E-state index is -0.906. The molecule has 0 aliphatic carbocycles. The number of rotatable bonds is 3. The van der Waals surface area contributed by atoms with E-state index in [0.717, 1.165) is 6.07 Å². The van der Waals surface area contributed by atoms with Crippen molar-refractivity contribution >= 4 is 23.1 Å². The predicted molar refractivity (Wildman–Crippen MR) is 66.4 cm³/mol. The van der Waals surface area contributed by atoms with Gasteiger partial charge >= 0.3 is 0 Å². The van der Waals surface area contributed by atoms with Crippen LogP contribution in [0, 0.1) is 5.82 Å². The highest BCUT2D eigenvalue weighted by Gasteiger charge is 2.25. The number of benzene rings is 1. The number of amides is 1. The Labute approximate surface area is 104 Å². The van der Waals surface area contributed by atoms with Crippen LogP contribution >= 0.6 is 12.2 Å². The van der Waals surface area contributed by atoms with Crippen LogP contribution < -0.4 is 11.1 Å². The third kappa shape index (κ3) is 3.13. The molecule has 0 atom stereocenters. The minimum Gasteiger partial charge on any atom is -0.508 e. The molecule has 0 bridgehead atoms. The second-order valence-electron chi connectivity index (χ2n) is 4.11. The zero-order chi connectivity index (χ0) is 13.2. The quantitative estimate of drug-likeness (QED) is 0.713. The van der Waals surface area contributed by atoms with Crippen LogP contribution in [-0.2, 0) is 0 Å². The summed E-state index contributed by atoms with van der Waals surface area (Å²) in [5.74, 6) is -1.69. The van der Waals surface area contributed by atoms with E-state index < -0.39 is 17.3 Å². The molecule has 1 rings (SSSR count). The molecule has 1 aromatic rings. The number of phenolic OH excluding ortho intramolecular Hbond substituents is 1. The normalized spacial score (nSPS) is 11.0. The Morgan fingerprint density at radius 2 is 2.12 bits per heavy atom. The van der Waals surface area contributed by atoms with E-state index in [-0.39, 0.29) is 16.3 Å². The van der Waals surface area contributed by atoms with Crippen molar-refractivity contribution < 1.29 is 14.3 Å². The summed E-state index contributed by atoms with van der Waals surface area (Å²) >= 11 is 4.78. The van der Waals surface area contributed by atoms with Crippen LogP contribution in [-0.4, -0.2) is 21.5 Å². The zero-order valence-corrected chi connectivity index (χ0v) is 10.3. The Balaban J connectivity index is 2.95. The van der Waals surface area contributed by atoms with E-state index in [1.54, 1.807) is 13.8 Å². The summed E-state index contributed by atoms with van der Waals surface area (Å²) < 4.78 is 13.4. The number of thiocarbonyl (C=S) groups is 1. The molecule has 0 aliphatic rings. The number of carbonyl (C=O) groups is 1. The van der Waals surface area contributed by atoms with Crippen molar-refractivity contribution in [2.75, 3.05) is 0 Å². The fraction of sp³-hybridized carbons (Fsp3) is 0.273. The first-order valence-corrected chi connectivity index (χ1v) is 5.26. The van der Waals surface area contributed by atoms with Crippen molar-refractivity contribution in [3.63, 3.8) is 0 Å². The molecule has 6 heteroatoms. The molecule has 4 nitrogen and oxygen atoms in total. The summed E-state index contributed by atoms with van der Waals surface area (Å²) in [5.41, 5.74) is 4.36. The lowest BCUT2D eigenvalue weighted by atomic mass is 10.0. The summed E-state index contributed by atoms with van der Waals surface area (Å²) in [4.78, 5) is 11.9. The standard InChI is InChI=1S/C11H13FN2O2S/c1-11(2,10(13)17)14-9(16)7-4-3-6(15)5-8(7)12/h3-5,15H,1-2H3,(H2,13,17)(H,14,16). The monoisotopic (exact) mass is 256 g/mol. The molecule has 0 saturated carbocycles. The lowest BCUT2D eigenvalue weighted by Crippen LogP contribution is -2.52. The molecule has 92 valence electrons. The molecule has 0 fully saturated rings. The van der Waals surface area contributed by atoms with Gasteiger partial charge in [-0.3, -0.25) is 4.79 Å². The fourth-order valence-corrected chi connectivity index (χ4v) is 1.15. The number of aromatic hydroxyl groups is 1. The van der Waals surface area contributed by atoms with E-state index >= 15 is 0 Å². The fourth-order valence-electron chi connectivity index (χ4n) is 1.10. The molecule has 0 saturated heterocycles. The average Bonchev–Trinajstić information content (AvgIpc) is 2.15. The van der Waals surface area contributed by atoms with Gasteiger partial charge < -0.3 is 16.2 Å². The van der Waals surface area contributed by atoms with Crippen molar-refractivity contribution in [2.45, 2.75) is 19.4 Å². The molecule has 0 aliphatic heterocycles. The van der Waals surface area contributed by atoms with Crippen molar-refractivity contribution in [1.82, 2.24) is 5.32 Å². The average molecular weight is 256 g/mol. The summed E-state index contributed by atoms with van der Waals surface area (Å²) in [5, 5.41) is 11.5. The van der Waals surface area contributed by atoms with Crippen LogP contribution in [0.2, 0.25) is 0 Å². The van der Waals surface area contributed by atoms with Crippen LogP contribution in [0.1, 0.15) is 24.2 Å². The minimum absolute atomic E-state index is 0.102. The molecule has 1 amide bonds. The number of hydrogen-bond donors (Lipinski definition) is 3. The van der Waals surface area contributed by atoms with Gasteiger partial charge in [0.05, 0.1) is 16.1 Å². The second kappa shape index (κ2) is 4.67. The Hall–Kier alpha value is -1.69. The summed E-state index contributed by atoms with van der Waals surface area (Å²) in [6.45, 7) is 3.23. The summed E-state index contributed by atoms with van der Waals surface area (Å²) in [6, 6.07) is 3.28. The molecular formula is C11H13FN2O2S. The number of halogens is 1. The molecule has 0 aromatic heterocycles. The van der Waals surface area contributed by atoms with E-state index in [2.05, 4.69) is 5.32 Å². The molecule has 1 aromatic carbocycles. The van der Waals surface area contributed by atoms with Gasteiger partial charge in [0.1, 0.15) is 11.6 Å².